The SMILES string of the molecule is C=C(C)/C=C\C(=C/C(C)CC)S(C)(=O)=O. The van der Waals surface area contributed by atoms with E-state index in [9.17, 15) is 8.42 Å². The predicted octanol–water partition coefficient (Wildman–Crippen LogP) is 3.09. The van der Waals surface area contributed by atoms with E-state index in [4.69, 9.17) is 0 Å². The number of sulfone groups is 1. The molecule has 0 N–H and O–H groups in total. The molecule has 0 saturated carbocycles. The molecule has 86 valence electrons. The van der Waals surface area contributed by atoms with Crippen LogP contribution in [-0.2, 0) is 9.84 Å². The van der Waals surface area contributed by atoms with Crippen molar-refractivity contribution in [1.82, 2.24) is 0 Å². The third kappa shape index (κ3) is 6.28. The van der Waals surface area contributed by atoms with Crippen LogP contribution < -0.4 is 0 Å². The van der Waals surface area contributed by atoms with Crippen molar-refractivity contribution in [1.29, 1.82) is 0 Å². The van der Waals surface area contributed by atoms with Crippen molar-refractivity contribution in [2.45, 2.75) is 27.2 Å². The van der Waals surface area contributed by atoms with E-state index < -0.39 is 9.84 Å². The maximum Gasteiger partial charge on any atom is 0.175 e. The second-order valence-electron chi connectivity index (χ2n) is 3.91. The van der Waals surface area contributed by atoms with Crippen LogP contribution >= 0.6 is 0 Å². The Bertz CT molecular complexity index is 372. The van der Waals surface area contributed by atoms with Gasteiger partial charge in [-0.25, -0.2) is 8.42 Å². The molecule has 0 amide bonds. The highest BCUT2D eigenvalue weighted by atomic mass is 32.2. The molecule has 1 atom stereocenters. The van der Waals surface area contributed by atoms with E-state index in [1.54, 1.807) is 18.2 Å². The molecule has 0 rings (SSSR count). The molecular weight excluding hydrogens is 208 g/mol. The molecule has 0 saturated heterocycles. The van der Waals surface area contributed by atoms with Crippen LogP contribution in [0.4, 0.5) is 0 Å². The van der Waals surface area contributed by atoms with Gasteiger partial charge in [0, 0.05) is 6.26 Å². The molecule has 0 aliphatic carbocycles. The number of hydrogen-bond donors (Lipinski definition) is 0. The third-order valence-electron chi connectivity index (χ3n) is 2.05. The van der Waals surface area contributed by atoms with E-state index in [0.717, 1.165) is 12.0 Å². The van der Waals surface area contributed by atoms with E-state index >= 15 is 0 Å². The van der Waals surface area contributed by atoms with Crippen LogP contribution in [0.25, 0.3) is 0 Å². The third-order valence-corrected chi connectivity index (χ3v) is 3.18. The van der Waals surface area contributed by atoms with Gasteiger partial charge >= 0.3 is 0 Å². The van der Waals surface area contributed by atoms with Gasteiger partial charge in [-0.15, -0.1) is 0 Å². The zero-order valence-electron chi connectivity index (χ0n) is 9.95. The highest BCUT2D eigenvalue weighted by Gasteiger charge is 2.08. The summed E-state index contributed by atoms with van der Waals surface area (Å²) in [6.45, 7) is 9.56. The van der Waals surface area contributed by atoms with Crippen molar-refractivity contribution in [2.24, 2.45) is 5.92 Å². The monoisotopic (exact) mass is 228 g/mol. The Labute approximate surface area is 93.3 Å². The minimum absolute atomic E-state index is 0.268. The molecule has 1 unspecified atom stereocenters. The largest absolute Gasteiger partial charge is 0.224 e. The molecule has 2 nitrogen and oxygen atoms in total. The van der Waals surface area contributed by atoms with Crippen molar-refractivity contribution < 1.29 is 8.42 Å². The summed E-state index contributed by atoms with van der Waals surface area (Å²) in [6.07, 6.45) is 7.28. The normalized spacial score (nSPS) is 15.6. The van der Waals surface area contributed by atoms with Crippen LogP contribution in [-0.4, -0.2) is 14.7 Å². The van der Waals surface area contributed by atoms with Gasteiger partial charge in [-0.05, 0) is 18.9 Å². The van der Waals surface area contributed by atoms with E-state index in [2.05, 4.69) is 6.58 Å². The Morgan fingerprint density at radius 2 is 1.93 bits per heavy atom. The molecular formula is C12H20O2S. The molecule has 0 bridgehead atoms. The lowest BCUT2D eigenvalue weighted by molar-refractivity contribution is 0.607. The highest BCUT2D eigenvalue weighted by molar-refractivity contribution is 7.94. The fourth-order valence-corrected chi connectivity index (χ4v) is 1.72. The van der Waals surface area contributed by atoms with Gasteiger partial charge in [-0.2, -0.15) is 0 Å². The summed E-state index contributed by atoms with van der Waals surface area (Å²) in [5.41, 5.74) is 0.841. The smallest absolute Gasteiger partial charge is 0.175 e. The lowest BCUT2D eigenvalue weighted by Crippen LogP contribution is -2.01. The Kier molecular flexibility index (Phi) is 5.58. The second kappa shape index (κ2) is 5.91. The Hall–Kier alpha value is -0.830. The van der Waals surface area contributed by atoms with Gasteiger partial charge in [0.2, 0.25) is 0 Å². The maximum atomic E-state index is 11.4. The lowest BCUT2D eigenvalue weighted by Gasteiger charge is -2.04. The number of allylic oxidation sites excluding steroid dienone is 4. The van der Waals surface area contributed by atoms with Crippen LogP contribution in [0.2, 0.25) is 0 Å². The molecule has 0 aromatic rings. The summed E-state index contributed by atoms with van der Waals surface area (Å²) in [6, 6.07) is 0. The first-order valence-electron chi connectivity index (χ1n) is 5.02. The van der Waals surface area contributed by atoms with E-state index in [1.165, 1.54) is 6.26 Å². The summed E-state index contributed by atoms with van der Waals surface area (Å²) in [5.74, 6) is 0.268. The average Bonchev–Trinajstić information content (AvgIpc) is 2.09. The first-order chi connectivity index (χ1) is 6.77. The standard InChI is InChI=1S/C12H20O2S/c1-6-11(4)9-12(15(5,13)14)8-7-10(2)3/h7-9,11H,2,6H2,1,3-5H3/b8-7-,12-9+. The van der Waals surface area contributed by atoms with Crippen LogP contribution in [0, 0.1) is 5.92 Å². The molecule has 0 spiro atoms. The highest BCUT2D eigenvalue weighted by Crippen LogP contribution is 2.13. The molecule has 3 heteroatoms. The summed E-state index contributed by atoms with van der Waals surface area (Å²) in [7, 11) is -3.13. The molecule has 0 aromatic heterocycles. The summed E-state index contributed by atoms with van der Waals surface area (Å²) in [4.78, 5) is 0.375. The van der Waals surface area contributed by atoms with Gasteiger partial charge in [-0.3, -0.25) is 0 Å². The first-order valence-corrected chi connectivity index (χ1v) is 6.92. The number of rotatable bonds is 5. The first kappa shape index (κ1) is 14.2. The Morgan fingerprint density at radius 1 is 1.40 bits per heavy atom. The molecule has 0 radical (unpaired) electrons. The summed E-state index contributed by atoms with van der Waals surface area (Å²) < 4.78 is 22.9. The second-order valence-corrected chi connectivity index (χ2v) is 5.92. The lowest BCUT2D eigenvalue weighted by atomic mass is 10.1. The van der Waals surface area contributed by atoms with Crippen molar-refractivity contribution >= 4 is 9.84 Å². The van der Waals surface area contributed by atoms with Crippen LogP contribution in [0.15, 0.2) is 35.3 Å². The van der Waals surface area contributed by atoms with Crippen molar-refractivity contribution in [3.63, 3.8) is 0 Å². The average molecular weight is 228 g/mol. The van der Waals surface area contributed by atoms with Gasteiger partial charge in [0.15, 0.2) is 9.84 Å². The Morgan fingerprint density at radius 3 is 2.27 bits per heavy atom. The molecule has 0 aliphatic rings. The van der Waals surface area contributed by atoms with Crippen molar-refractivity contribution in [3.05, 3.63) is 35.3 Å². The van der Waals surface area contributed by atoms with Crippen molar-refractivity contribution in [2.75, 3.05) is 6.26 Å². The molecule has 0 heterocycles. The minimum Gasteiger partial charge on any atom is -0.224 e. The molecule has 15 heavy (non-hydrogen) atoms. The molecule has 0 aromatic carbocycles. The van der Waals surface area contributed by atoms with Gasteiger partial charge in [-0.1, -0.05) is 44.6 Å². The molecule has 0 aliphatic heterocycles. The fraction of sp³-hybridized carbons (Fsp3) is 0.500. The zero-order valence-corrected chi connectivity index (χ0v) is 10.8. The van der Waals surface area contributed by atoms with Gasteiger partial charge < -0.3 is 0 Å². The van der Waals surface area contributed by atoms with E-state index in [0.29, 0.717) is 4.91 Å². The molecule has 0 fully saturated rings. The predicted molar refractivity (Wildman–Crippen MR) is 66.3 cm³/mol. The van der Waals surface area contributed by atoms with Gasteiger partial charge in [0.25, 0.3) is 0 Å². The van der Waals surface area contributed by atoms with E-state index in [1.807, 2.05) is 20.8 Å². The topological polar surface area (TPSA) is 34.1 Å². The van der Waals surface area contributed by atoms with Crippen LogP contribution in [0.1, 0.15) is 27.2 Å². The Balaban J connectivity index is 5.09. The summed E-state index contributed by atoms with van der Waals surface area (Å²) in [5, 5.41) is 0. The minimum atomic E-state index is -3.13. The van der Waals surface area contributed by atoms with E-state index in [-0.39, 0.29) is 5.92 Å². The zero-order chi connectivity index (χ0) is 12.1. The maximum absolute atomic E-state index is 11.4. The van der Waals surface area contributed by atoms with Crippen molar-refractivity contribution in [3.8, 4) is 0 Å². The fourth-order valence-electron chi connectivity index (χ4n) is 0.925. The van der Waals surface area contributed by atoms with Crippen LogP contribution in [0.3, 0.4) is 0 Å². The quantitative estimate of drug-likeness (QED) is 0.678. The van der Waals surface area contributed by atoms with Gasteiger partial charge in [0.05, 0.1) is 4.91 Å². The van der Waals surface area contributed by atoms with Gasteiger partial charge in [0.1, 0.15) is 0 Å². The van der Waals surface area contributed by atoms with Crippen LogP contribution in [0.5, 0.6) is 0 Å². The summed E-state index contributed by atoms with van der Waals surface area (Å²) >= 11 is 0. The number of hydrogen-bond acceptors (Lipinski definition) is 2.